The molecule has 110 valence electrons. The summed E-state index contributed by atoms with van der Waals surface area (Å²) in [4.78, 5) is 0. The molecule has 0 rings (SSSR count). The van der Waals surface area contributed by atoms with Crippen molar-refractivity contribution in [2.75, 3.05) is 33.0 Å². The van der Waals surface area contributed by atoms with Gasteiger partial charge in [0, 0.05) is 18.8 Å². The highest BCUT2D eigenvalue weighted by Crippen LogP contribution is 2.13. The fraction of sp³-hybridized carbons (Fsp3) is 1.00. The molecule has 0 aliphatic carbocycles. The van der Waals surface area contributed by atoms with E-state index in [1.165, 1.54) is 0 Å². The van der Waals surface area contributed by atoms with Gasteiger partial charge in [0.05, 0.1) is 19.3 Å². The summed E-state index contributed by atoms with van der Waals surface area (Å²) in [6, 6.07) is 0. The molecular weight excluding hydrogens is 230 g/mol. The smallest absolute Gasteiger partial charge is 0.0780 e. The van der Waals surface area contributed by atoms with E-state index in [9.17, 15) is 5.11 Å². The molecule has 0 bridgehead atoms. The van der Waals surface area contributed by atoms with Crippen LogP contribution in [0.3, 0.4) is 0 Å². The van der Waals surface area contributed by atoms with Crippen molar-refractivity contribution in [1.82, 2.24) is 5.32 Å². The molecule has 0 saturated carbocycles. The molecule has 0 aromatic carbocycles. The van der Waals surface area contributed by atoms with Crippen LogP contribution in [0, 0.1) is 0 Å². The van der Waals surface area contributed by atoms with E-state index in [1.807, 2.05) is 13.8 Å². The van der Waals surface area contributed by atoms with Crippen LogP contribution in [0.25, 0.3) is 0 Å². The van der Waals surface area contributed by atoms with Crippen LogP contribution in [0.2, 0.25) is 0 Å². The van der Waals surface area contributed by atoms with E-state index in [4.69, 9.17) is 9.47 Å². The van der Waals surface area contributed by atoms with Crippen LogP contribution < -0.4 is 5.32 Å². The molecule has 18 heavy (non-hydrogen) atoms. The molecule has 4 heteroatoms. The van der Waals surface area contributed by atoms with Crippen LogP contribution in [0.1, 0.15) is 47.0 Å². The topological polar surface area (TPSA) is 50.7 Å². The maximum atomic E-state index is 9.35. The highest BCUT2D eigenvalue weighted by Gasteiger charge is 2.20. The van der Waals surface area contributed by atoms with Crippen molar-refractivity contribution in [1.29, 1.82) is 0 Å². The van der Waals surface area contributed by atoms with Crippen molar-refractivity contribution >= 4 is 0 Å². The Morgan fingerprint density at radius 3 is 2.56 bits per heavy atom. The van der Waals surface area contributed by atoms with Gasteiger partial charge >= 0.3 is 0 Å². The third kappa shape index (κ3) is 8.86. The standard InChI is InChI=1S/C14H31NO3/c1-5-15-14(4,12-16)9-7-8-10-18-13(3)11-17-6-2/h13,15-16H,5-12H2,1-4H3. The minimum atomic E-state index is -0.147. The number of aliphatic hydroxyl groups excluding tert-OH is 1. The predicted octanol–water partition coefficient (Wildman–Crippen LogP) is 1.96. The van der Waals surface area contributed by atoms with Gasteiger partial charge in [0.2, 0.25) is 0 Å². The van der Waals surface area contributed by atoms with E-state index in [-0.39, 0.29) is 18.2 Å². The zero-order valence-corrected chi connectivity index (χ0v) is 12.5. The van der Waals surface area contributed by atoms with Crippen molar-refractivity contribution in [3.05, 3.63) is 0 Å². The molecule has 0 aliphatic rings. The molecule has 0 aliphatic heterocycles. The van der Waals surface area contributed by atoms with Crippen molar-refractivity contribution in [3.63, 3.8) is 0 Å². The quantitative estimate of drug-likeness (QED) is 0.527. The summed E-state index contributed by atoms with van der Waals surface area (Å²) in [5.41, 5.74) is -0.147. The predicted molar refractivity (Wildman–Crippen MR) is 74.9 cm³/mol. The first-order valence-electron chi connectivity index (χ1n) is 7.13. The molecule has 2 N–H and O–H groups in total. The normalized spacial score (nSPS) is 16.5. The van der Waals surface area contributed by atoms with Crippen LogP contribution in [0.4, 0.5) is 0 Å². The molecule has 2 unspecified atom stereocenters. The van der Waals surface area contributed by atoms with Gasteiger partial charge < -0.3 is 19.9 Å². The number of nitrogens with one attached hydrogen (secondary N) is 1. The second kappa shape index (κ2) is 10.7. The molecule has 0 aromatic rings. The Hall–Kier alpha value is -0.160. The second-order valence-electron chi connectivity index (χ2n) is 5.05. The molecule has 2 atom stereocenters. The molecule has 4 nitrogen and oxygen atoms in total. The molecule has 0 fully saturated rings. The summed E-state index contributed by atoms with van der Waals surface area (Å²) in [6.45, 7) is 11.4. The minimum Gasteiger partial charge on any atom is -0.394 e. The highest BCUT2D eigenvalue weighted by molar-refractivity contribution is 4.81. The van der Waals surface area contributed by atoms with E-state index in [0.29, 0.717) is 6.61 Å². The fourth-order valence-corrected chi connectivity index (χ4v) is 1.88. The van der Waals surface area contributed by atoms with Crippen molar-refractivity contribution in [2.24, 2.45) is 0 Å². The second-order valence-corrected chi connectivity index (χ2v) is 5.05. The van der Waals surface area contributed by atoms with E-state index < -0.39 is 0 Å². The zero-order valence-electron chi connectivity index (χ0n) is 12.5. The highest BCUT2D eigenvalue weighted by atomic mass is 16.5. The molecule has 0 heterocycles. The number of unbranched alkanes of at least 4 members (excludes halogenated alkanes) is 1. The van der Waals surface area contributed by atoms with Crippen molar-refractivity contribution < 1.29 is 14.6 Å². The number of aliphatic hydroxyl groups is 1. The largest absolute Gasteiger partial charge is 0.394 e. The van der Waals surface area contributed by atoms with Gasteiger partial charge in [-0.25, -0.2) is 0 Å². The Bertz CT molecular complexity index is 190. The van der Waals surface area contributed by atoms with Crippen LogP contribution in [-0.2, 0) is 9.47 Å². The Kier molecular flexibility index (Phi) is 10.6. The van der Waals surface area contributed by atoms with E-state index in [1.54, 1.807) is 0 Å². The number of ether oxygens (including phenoxy) is 2. The van der Waals surface area contributed by atoms with Crippen molar-refractivity contribution in [3.8, 4) is 0 Å². The molecule has 0 radical (unpaired) electrons. The number of hydrogen-bond donors (Lipinski definition) is 2. The Labute approximate surface area is 112 Å². The van der Waals surface area contributed by atoms with Crippen LogP contribution in [-0.4, -0.2) is 49.7 Å². The van der Waals surface area contributed by atoms with Gasteiger partial charge in [0.25, 0.3) is 0 Å². The zero-order chi connectivity index (χ0) is 13.9. The monoisotopic (exact) mass is 261 g/mol. The number of rotatable bonds is 12. The lowest BCUT2D eigenvalue weighted by Gasteiger charge is -2.28. The van der Waals surface area contributed by atoms with Gasteiger partial charge in [0.15, 0.2) is 0 Å². The summed E-state index contributed by atoms with van der Waals surface area (Å²) in [5, 5.41) is 12.7. The Morgan fingerprint density at radius 1 is 1.28 bits per heavy atom. The average molecular weight is 261 g/mol. The Balaban J connectivity index is 3.54. The molecule has 0 spiro atoms. The third-order valence-corrected chi connectivity index (χ3v) is 3.03. The SMILES string of the molecule is CCNC(C)(CO)CCCCOC(C)COCC. The van der Waals surface area contributed by atoms with Gasteiger partial charge in [-0.2, -0.15) is 0 Å². The minimum absolute atomic E-state index is 0.147. The van der Waals surface area contributed by atoms with Crippen LogP contribution in [0.15, 0.2) is 0 Å². The lowest BCUT2D eigenvalue weighted by molar-refractivity contribution is -0.00515. The first kappa shape index (κ1) is 17.8. The van der Waals surface area contributed by atoms with Gasteiger partial charge in [-0.05, 0) is 46.6 Å². The average Bonchev–Trinajstić information content (AvgIpc) is 2.36. The Morgan fingerprint density at radius 2 is 2.00 bits per heavy atom. The van der Waals surface area contributed by atoms with Crippen LogP contribution >= 0.6 is 0 Å². The summed E-state index contributed by atoms with van der Waals surface area (Å²) in [7, 11) is 0. The third-order valence-electron chi connectivity index (χ3n) is 3.03. The van der Waals surface area contributed by atoms with Crippen molar-refractivity contribution in [2.45, 2.75) is 58.6 Å². The first-order chi connectivity index (χ1) is 8.58. The molecule has 0 amide bonds. The summed E-state index contributed by atoms with van der Waals surface area (Å²) in [5.74, 6) is 0. The molecular formula is C14H31NO3. The van der Waals surface area contributed by atoms with Gasteiger partial charge in [-0.1, -0.05) is 6.92 Å². The van der Waals surface area contributed by atoms with Crippen LogP contribution in [0.5, 0.6) is 0 Å². The summed E-state index contributed by atoms with van der Waals surface area (Å²) < 4.78 is 10.9. The van der Waals surface area contributed by atoms with Gasteiger partial charge in [-0.3, -0.25) is 0 Å². The summed E-state index contributed by atoms with van der Waals surface area (Å²) in [6.07, 6.45) is 3.23. The first-order valence-corrected chi connectivity index (χ1v) is 7.13. The maximum Gasteiger partial charge on any atom is 0.0780 e. The van der Waals surface area contributed by atoms with Gasteiger partial charge in [-0.15, -0.1) is 0 Å². The summed E-state index contributed by atoms with van der Waals surface area (Å²) >= 11 is 0. The molecule has 0 aromatic heterocycles. The van der Waals surface area contributed by atoms with Gasteiger partial charge in [0.1, 0.15) is 0 Å². The molecule has 0 saturated heterocycles. The maximum absolute atomic E-state index is 9.35. The lowest BCUT2D eigenvalue weighted by Crippen LogP contribution is -2.45. The number of hydrogen-bond acceptors (Lipinski definition) is 4. The number of likely N-dealkylation sites (N-methyl/N-ethyl adjacent to an activating group) is 1. The van der Waals surface area contributed by atoms with E-state index in [2.05, 4.69) is 19.2 Å². The lowest BCUT2D eigenvalue weighted by atomic mass is 9.96. The fourth-order valence-electron chi connectivity index (χ4n) is 1.88. The van der Waals surface area contributed by atoms with E-state index >= 15 is 0 Å². The van der Waals surface area contributed by atoms with E-state index in [0.717, 1.165) is 39.0 Å².